The summed E-state index contributed by atoms with van der Waals surface area (Å²) >= 11 is 0. The van der Waals surface area contributed by atoms with Crippen molar-refractivity contribution >= 4 is 17.2 Å². The molecule has 0 amide bonds. The van der Waals surface area contributed by atoms with Gasteiger partial charge in [0.2, 0.25) is 0 Å². The average molecular weight is 755 g/mol. The van der Waals surface area contributed by atoms with Crippen LogP contribution in [-0.2, 0) is 36.7 Å². The molecule has 0 nitrogen and oxygen atoms in total. The first kappa shape index (κ1) is 34.0. The second-order valence-corrected chi connectivity index (χ2v) is 12.9. The fourth-order valence-electron chi connectivity index (χ4n) is 6.16. The van der Waals surface area contributed by atoms with Crippen LogP contribution in [0.5, 0.6) is 0 Å². The second-order valence-electron chi connectivity index (χ2n) is 12.9. The Morgan fingerprint density at radius 3 is 1.74 bits per heavy atom. The third-order valence-electron chi connectivity index (χ3n) is 8.02. The van der Waals surface area contributed by atoms with E-state index in [9.17, 15) is 0 Å². The monoisotopic (exact) mass is 755 g/mol. The first-order valence-electron chi connectivity index (χ1n) is 14.1. The molecule has 2 aliphatic rings. The van der Waals surface area contributed by atoms with E-state index in [1.807, 2.05) is 0 Å². The predicted molar refractivity (Wildman–Crippen MR) is 166 cm³/mol. The predicted octanol–water partition coefficient (Wildman–Crippen LogP) is 2.18. The van der Waals surface area contributed by atoms with Crippen LogP contribution in [0, 0.1) is 10.4 Å². The molecule has 0 unspecified atom stereocenters. The van der Waals surface area contributed by atoms with Crippen LogP contribution in [0.4, 0.5) is 0 Å². The summed E-state index contributed by atoms with van der Waals surface area (Å²) in [5, 5.41) is 5.22. The van der Waals surface area contributed by atoms with Gasteiger partial charge in [-0.3, -0.25) is 0 Å². The summed E-state index contributed by atoms with van der Waals surface area (Å²) in [5.41, 5.74) is 10.4. The van der Waals surface area contributed by atoms with Crippen LogP contribution in [0.2, 0.25) is 0 Å². The molecule has 0 saturated carbocycles. The fourth-order valence-corrected chi connectivity index (χ4v) is 6.16. The maximum absolute atomic E-state index is 3.99. The van der Waals surface area contributed by atoms with Gasteiger partial charge in [0.25, 0.3) is 0 Å². The molecule has 0 radical (unpaired) electrons. The minimum absolute atomic E-state index is 0. The van der Waals surface area contributed by atoms with E-state index in [-0.39, 0.29) is 61.5 Å². The van der Waals surface area contributed by atoms with E-state index in [4.69, 9.17) is 0 Å². The van der Waals surface area contributed by atoms with Gasteiger partial charge in [-0.15, -0.1) is 27.3 Å². The molecule has 0 atom stereocenters. The molecule has 0 aliphatic heterocycles. The molecule has 4 aromatic carbocycles. The van der Waals surface area contributed by atoms with Crippen molar-refractivity contribution in [2.24, 2.45) is 0 Å². The average Bonchev–Trinajstić information content (AvgIpc) is 3.56. The molecule has 0 aromatic heterocycles. The van der Waals surface area contributed by atoms with E-state index in [0.29, 0.717) is 0 Å². The van der Waals surface area contributed by atoms with Crippen molar-refractivity contribution in [3.05, 3.63) is 157 Å². The Morgan fingerprint density at radius 2 is 1.24 bits per heavy atom. The number of benzene rings is 4. The van der Waals surface area contributed by atoms with Crippen molar-refractivity contribution in [2.45, 2.75) is 58.8 Å². The third-order valence-corrected chi connectivity index (χ3v) is 8.02. The number of hydrogen-bond donors (Lipinski definition) is 0. The zero-order valence-corrected chi connectivity index (χ0v) is 30.4. The summed E-state index contributed by atoms with van der Waals surface area (Å²) in [4.78, 5) is 0. The summed E-state index contributed by atoms with van der Waals surface area (Å²) in [6.45, 7) is 14.0. The number of hydrogen-bond acceptors (Lipinski definition) is 0. The van der Waals surface area contributed by atoms with Crippen molar-refractivity contribution in [3.63, 3.8) is 0 Å². The molecular weight excluding hydrogens is 718 g/mol. The van der Waals surface area contributed by atoms with Crippen molar-refractivity contribution < 1.29 is 50.7 Å². The Balaban J connectivity index is 0.00000161. The van der Waals surface area contributed by atoms with Crippen LogP contribution in [0.25, 0.3) is 17.2 Å². The van der Waals surface area contributed by atoms with Gasteiger partial charge in [-0.2, -0.15) is 0 Å². The molecule has 0 fully saturated rings. The van der Waals surface area contributed by atoms with Gasteiger partial charge in [0.15, 0.2) is 0 Å². The van der Waals surface area contributed by atoms with Crippen LogP contribution < -0.4 is 35.3 Å². The second kappa shape index (κ2) is 13.0. The molecule has 3 heteroatoms. The van der Waals surface area contributed by atoms with Crippen LogP contribution in [0.1, 0.15) is 81.3 Å². The molecule has 0 heterocycles. The van der Waals surface area contributed by atoms with Crippen molar-refractivity contribution in [1.29, 1.82) is 0 Å². The summed E-state index contributed by atoms with van der Waals surface area (Å²) in [5.74, 6) is 0. The topological polar surface area (TPSA) is 0 Å². The Bertz CT molecular complexity index is 1830. The van der Waals surface area contributed by atoms with E-state index in [0.717, 1.165) is 6.42 Å². The van der Waals surface area contributed by atoms with Gasteiger partial charge in [-0.1, -0.05) is 161 Å². The summed E-state index contributed by atoms with van der Waals surface area (Å²) < 4.78 is 0. The van der Waals surface area contributed by atoms with E-state index < -0.39 is 0 Å². The number of rotatable bonds is 3. The molecule has 2 aliphatic carbocycles. The maximum atomic E-state index is 3.99. The smallest absolute Gasteiger partial charge is 0 e. The third kappa shape index (κ3) is 6.12. The molecule has 214 valence electrons. The van der Waals surface area contributed by atoms with Gasteiger partial charge < -0.3 is 24.8 Å². The van der Waals surface area contributed by atoms with E-state index in [1.165, 1.54) is 65.4 Å². The molecule has 0 saturated heterocycles. The van der Waals surface area contributed by atoms with E-state index in [1.54, 1.807) is 0 Å². The minimum Gasteiger partial charge on any atom is -1.00 e. The van der Waals surface area contributed by atoms with Crippen molar-refractivity contribution in [3.8, 4) is 0 Å². The zero-order valence-electron chi connectivity index (χ0n) is 25.3. The molecule has 0 spiro atoms. The number of fused-ring (bicyclic) bond motifs is 2. The first-order chi connectivity index (χ1) is 18.6. The quantitative estimate of drug-likeness (QED) is 0.196. The van der Waals surface area contributed by atoms with Gasteiger partial charge in [0, 0.05) is 25.8 Å². The fraction of sp³-hybridized carbons (Fsp3) is 0.231. The summed E-state index contributed by atoms with van der Waals surface area (Å²) in [7, 11) is 0. The summed E-state index contributed by atoms with van der Waals surface area (Å²) in [6, 6.07) is 31.1. The van der Waals surface area contributed by atoms with Gasteiger partial charge in [0.1, 0.15) is 0 Å². The number of halogens is 2. The number of allylic oxidation sites excluding steroid dienone is 4. The Hall–Kier alpha value is -2.45. The molecule has 4 aromatic rings. The van der Waals surface area contributed by atoms with Gasteiger partial charge in [0.05, 0.1) is 0 Å². The molecule has 0 N–H and O–H groups in total. The van der Waals surface area contributed by atoms with Crippen LogP contribution in [0.15, 0.2) is 103 Å². The van der Waals surface area contributed by atoms with Crippen LogP contribution in [-0.4, -0.2) is 0 Å². The Kier molecular flexibility index (Phi) is 10.6. The van der Waals surface area contributed by atoms with E-state index >= 15 is 0 Å². The zero-order chi connectivity index (χ0) is 27.4. The molecule has 6 rings (SSSR count). The molecule has 42 heavy (non-hydrogen) atoms. The first-order valence-corrected chi connectivity index (χ1v) is 14.1. The molecular formula is C39H37Cl2Hf-3. The largest absolute Gasteiger partial charge is 1.00 e. The normalized spacial score (nSPS) is 13.0. The SMILES string of the molecule is CC(C)(C)c1cc2c(c(C3=CC=CC3)c1=C(c1ccccc1)c1ccccc1)[C-]=c1c(C(C)(C)C)cccc1=2.[Cl-].[Cl-].[Hf]. The van der Waals surface area contributed by atoms with E-state index in [2.05, 4.69) is 151 Å². The van der Waals surface area contributed by atoms with Gasteiger partial charge in [-0.25, -0.2) is 0 Å². The standard InChI is InChI=1S/C39H37.2ClH.Hf/c1-38(2,3)33-23-15-22-29-30-25-34(39(4,5)6)37(36(28-20-13-14-21-28)32(30)24-31(29)33)35(26-16-9-7-10-17-26)27-18-11-8-12-19-27;;;/h7-20,22-23,25H,21H2,1-6H3;2*1H;/q-1;;;/p-2. The van der Waals surface area contributed by atoms with Gasteiger partial charge in [-0.05, 0) is 44.7 Å². The van der Waals surface area contributed by atoms with Crippen LogP contribution >= 0.6 is 0 Å². The van der Waals surface area contributed by atoms with Crippen molar-refractivity contribution in [1.82, 2.24) is 0 Å². The van der Waals surface area contributed by atoms with Gasteiger partial charge >= 0.3 is 0 Å². The van der Waals surface area contributed by atoms with Crippen LogP contribution in [0.3, 0.4) is 0 Å². The van der Waals surface area contributed by atoms with Crippen molar-refractivity contribution in [2.75, 3.05) is 0 Å². The maximum Gasteiger partial charge on any atom is 0 e. The Labute approximate surface area is 282 Å². The molecule has 0 bridgehead atoms. The Morgan fingerprint density at radius 1 is 0.667 bits per heavy atom. The minimum atomic E-state index is -0.0646. The summed E-state index contributed by atoms with van der Waals surface area (Å²) in [6.07, 6.45) is 11.7.